The molecule has 0 spiro atoms. The van der Waals surface area contributed by atoms with E-state index in [2.05, 4.69) is 31.1 Å². The molecule has 2 saturated heterocycles. The van der Waals surface area contributed by atoms with Gasteiger partial charge in [-0.05, 0) is 47.7 Å². The molecule has 4 rings (SSSR count). The number of aliphatic hydroxyl groups is 1. The molecule has 1 amide bonds. The van der Waals surface area contributed by atoms with E-state index >= 15 is 0 Å². The molecule has 4 heterocycles. The maximum absolute atomic E-state index is 12.7. The van der Waals surface area contributed by atoms with Crippen LogP contribution in [0.15, 0.2) is 16.9 Å². The Labute approximate surface area is 129 Å². The summed E-state index contributed by atoms with van der Waals surface area (Å²) in [6, 6.07) is 2.02. The van der Waals surface area contributed by atoms with Gasteiger partial charge in [-0.2, -0.15) is 5.10 Å². The Balaban J connectivity index is 1.67. The summed E-state index contributed by atoms with van der Waals surface area (Å²) in [4.78, 5) is 19.0. The highest BCUT2D eigenvalue weighted by molar-refractivity contribution is 9.10. The van der Waals surface area contributed by atoms with Crippen molar-refractivity contribution in [3.8, 4) is 0 Å². The standard InChI is InChI=1S/C14H15BrN4O2/c15-13-10-6-16-12(5-11(10)17-18-13)14(21)19-7-1-2-8(19)4-9(20)3-7/h5-9,20H,1-4H2,(H,17,18). The number of nitrogens with zero attached hydrogens (tertiary/aromatic N) is 3. The van der Waals surface area contributed by atoms with Crippen LogP contribution in [-0.2, 0) is 0 Å². The molecular formula is C14H15BrN4O2. The average molecular weight is 351 g/mol. The molecule has 6 nitrogen and oxygen atoms in total. The first kappa shape index (κ1) is 13.2. The predicted molar refractivity (Wildman–Crippen MR) is 79.8 cm³/mol. The molecule has 2 aromatic heterocycles. The van der Waals surface area contributed by atoms with Gasteiger partial charge in [0.2, 0.25) is 0 Å². The quantitative estimate of drug-likeness (QED) is 0.822. The van der Waals surface area contributed by atoms with Crippen LogP contribution >= 0.6 is 15.9 Å². The first-order valence-electron chi connectivity index (χ1n) is 7.14. The maximum atomic E-state index is 12.7. The van der Waals surface area contributed by atoms with Gasteiger partial charge in [0.15, 0.2) is 0 Å². The Hall–Kier alpha value is -1.47. The van der Waals surface area contributed by atoms with Crippen molar-refractivity contribution in [1.29, 1.82) is 0 Å². The van der Waals surface area contributed by atoms with Crippen molar-refractivity contribution in [2.45, 2.75) is 43.9 Å². The van der Waals surface area contributed by atoms with Crippen LogP contribution in [0.2, 0.25) is 0 Å². The second-order valence-electron chi connectivity index (χ2n) is 5.85. The number of aliphatic hydroxyl groups excluding tert-OH is 1. The molecule has 0 saturated carbocycles. The molecule has 2 atom stereocenters. The number of halogens is 1. The van der Waals surface area contributed by atoms with E-state index in [0.29, 0.717) is 18.5 Å². The molecule has 2 aliphatic rings. The number of rotatable bonds is 1. The number of H-pyrrole nitrogens is 1. The molecule has 2 N–H and O–H groups in total. The van der Waals surface area contributed by atoms with Gasteiger partial charge in [-0.25, -0.2) is 0 Å². The van der Waals surface area contributed by atoms with Crippen LogP contribution in [0, 0.1) is 0 Å². The summed E-state index contributed by atoms with van der Waals surface area (Å²) in [6.07, 6.45) is 4.70. The monoisotopic (exact) mass is 350 g/mol. The number of carbonyl (C=O) groups excluding carboxylic acids is 1. The molecular weight excluding hydrogens is 336 g/mol. The van der Waals surface area contributed by atoms with Gasteiger partial charge in [-0.3, -0.25) is 14.9 Å². The lowest BCUT2D eigenvalue weighted by Gasteiger charge is -2.36. The van der Waals surface area contributed by atoms with Crippen molar-refractivity contribution in [3.63, 3.8) is 0 Å². The summed E-state index contributed by atoms with van der Waals surface area (Å²) in [7, 11) is 0. The van der Waals surface area contributed by atoms with Crippen molar-refractivity contribution in [2.75, 3.05) is 0 Å². The second-order valence-corrected chi connectivity index (χ2v) is 6.64. The molecule has 110 valence electrons. The highest BCUT2D eigenvalue weighted by Gasteiger charge is 2.43. The molecule has 0 aromatic carbocycles. The minimum atomic E-state index is -0.274. The number of amides is 1. The zero-order valence-corrected chi connectivity index (χ0v) is 12.9. The normalized spacial score (nSPS) is 28.3. The maximum Gasteiger partial charge on any atom is 0.273 e. The lowest BCUT2D eigenvalue weighted by molar-refractivity contribution is 0.0282. The minimum Gasteiger partial charge on any atom is -0.393 e. The molecule has 2 bridgehead atoms. The van der Waals surface area contributed by atoms with E-state index < -0.39 is 0 Å². The molecule has 2 unspecified atom stereocenters. The van der Waals surface area contributed by atoms with Gasteiger partial charge >= 0.3 is 0 Å². The largest absolute Gasteiger partial charge is 0.393 e. The number of aromatic amines is 1. The highest BCUT2D eigenvalue weighted by Crippen LogP contribution is 2.36. The fourth-order valence-electron chi connectivity index (χ4n) is 3.61. The molecule has 21 heavy (non-hydrogen) atoms. The van der Waals surface area contributed by atoms with E-state index in [1.54, 1.807) is 12.3 Å². The second kappa shape index (κ2) is 4.78. The van der Waals surface area contributed by atoms with Crippen molar-refractivity contribution >= 4 is 32.7 Å². The van der Waals surface area contributed by atoms with Gasteiger partial charge < -0.3 is 10.0 Å². The lowest BCUT2D eigenvalue weighted by atomic mass is 9.99. The number of hydrogen-bond acceptors (Lipinski definition) is 4. The summed E-state index contributed by atoms with van der Waals surface area (Å²) in [5.74, 6) is -0.0459. The van der Waals surface area contributed by atoms with Crippen LogP contribution in [0.25, 0.3) is 10.9 Å². The Morgan fingerprint density at radius 2 is 2.10 bits per heavy atom. The van der Waals surface area contributed by atoms with Crippen molar-refractivity contribution in [2.24, 2.45) is 0 Å². The Morgan fingerprint density at radius 3 is 2.81 bits per heavy atom. The average Bonchev–Trinajstić information content (AvgIpc) is 2.97. The molecule has 2 aliphatic heterocycles. The summed E-state index contributed by atoms with van der Waals surface area (Å²) >= 11 is 3.36. The van der Waals surface area contributed by atoms with Gasteiger partial charge in [0.1, 0.15) is 10.3 Å². The van der Waals surface area contributed by atoms with Crippen molar-refractivity contribution < 1.29 is 9.90 Å². The first-order valence-corrected chi connectivity index (χ1v) is 7.93. The highest BCUT2D eigenvalue weighted by atomic mass is 79.9. The number of piperidine rings is 1. The third kappa shape index (κ3) is 2.06. The fraction of sp³-hybridized carbons (Fsp3) is 0.500. The Kier molecular flexibility index (Phi) is 3.00. The van der Waals surface area contributed by atoms with E-state index in [-0.39, 0.29) is 24.1 Å². The SMILES string of the molecule is O=C(c1cc2n[nH]c(Br)c2cn1)N1C2CCC1CC(O)C2. The lowest BCUT2D eigenvalue weighted by Crippen LogP contribution is -2.48. The van der Waals surface area contributed by atoms with Crippen LogP contribution in [0.3, 0.4) is 0 Å². The van der Waals surface area contributed by atoms with Crippen molar-refractivity contribution in [1.82, 2.24) is 20.1 Å². The van der Waals surface area contributed by atoms with E-state index in [1.165, 1.54) is 0 Å². The van der Waals surface area contributed by atoms with Gasteiger partial charge in [-0.15, -0.1) is 0 Å². The van der Waals surface area contributed by atoms with Crippen molar-refractivity contribution in [3.05, 3.63) is 22.6 Å². The van der Waals surface area contributed by atoms with Crippen LogP contribution in [-0.4, -0.2) is 49.3 Å². The smallest absolute Gasteiger partial charge is 0.273 e. The summed E-state index contributed by atoms with van der Waals surface area (Å²) in [5.41, 5.74) is 1.15. The molecule has 0 aliphatic carbocycles. The molecule has 7 heteroatoms. The summed E-state index contributed by atoms with van der Waals surface area (Å²) in [6.45, 7) is 0. The number of aromatic nitrogens is 3. The van der Waals surface area contributed by atoms with E-state index in [1.807, 2.05) is 4.90 Å². The van der Waals surface area contributed by atoms with Gasteiger partial charge in [0.05, 0.1) is 17.0 Å². The van der Waals surface area contributed by atoms with Gasteiger partial charge in [-0.1, -0.05) is 0 Å². The molecule has 2 fully saturated rings. The van der Waals surface area contributed by atoms with E-state index in [0.717, 1.165) is 28.3 Å². The van der Waals surface area contributed by atoms with Crippen LogP contribution in [0.1, 0.15) is 36.2 Å². The number of pyridine rings is 1. The van der Waals surface area contributed by atoms with E-state index in [4.69, 9.17) is 0 Å². The molecule has 0 radical (unpaired) electrons. The minimum absolute atomic E-state index is 0.0459. The van der Waals surface area contributed by atoms with Gasteiger partial charge in [0, 0.05) is 18.3 Å². The fourth-order valence-corrected chi connectivity index (χ4v) is 4.00. The number of carbonyl (C=O) groups is 1. The van der Waals surface area contributed by atoms with Crippen LogP contribution in [0.5, 0.6) is 0 Å². The topological polar surface area (TPSA) is 82.1 Å². The third-order valence-electron chi connectivity index (χ3n) is 4.55. The number of fused-ring (bicyclic) bond motifs is 3. The zero-order valence-electron chi connectivity index (χ0n) is 11.3. The number of nitrogens with one attached hydrogen (secondary N) is 1. The van der Waals surface area contributed by atoms with Crippen LogP contribution < -0.4 is 0 Å². The zero-order chi connectivity index (χ0) is 14.6. The van der Waals surface area contributed by atoms with E-state index in [9.17, 15) is 9.90 Å². The van der Waals surface area contributed by atoms with Gasteiger partial charge in [0.25, 0.3) is 5.91 Å². The Bertz CT molecular complexity index is 702. The molecule has 2 aromatic rings. The summed E-state index contributed by atoms with van der Waals surface area (Å²) in [5, 5.41) is 17.7. The predicted octanol–water partition coefficient (Wildman–Crippen LogP) is 1.85. The number of hydrogen-bond donors (Lipinski definition) is 2. The summed E-state index contributed by atoms with van der Waals surface area (Å²) < 4.78 is 0.769. The first-order chi connectivity index (χ1) is 10.1. The third-order valence-corrected chi connectivity index (χ3v) is 5.16. The Morgan fingerprint density at radius 1 is 1.38 bits per heavy atom. The van der Waals surface area contributed by atoms with Crippen LogP contribution in [0.4, 0.5) is 0 Å².